The van der Waals surface area contributed by atoms with E-state index in [1.54, 1.807) is 18.3 Å². The minimum absolute atomic E-state index is 0.0924. The fourth-order valence-electron chi connectivity index (χ4n) is 1.47. The molecular weight excluding hydrogens is 229 g/mol. The van der Waals surface area contributed by atoms with E-state index in [1.165, 1.54) is 12.1 Å². The Morgan fingerprint density at radius 1 is 1.50 bits per heavy atom. The first-order valence-electron chi connectivity index (χ1n) is 4.49. The first-order valence-corrected chi connectivity index (χ1v) is 4.94. The molecule has 0 radical (unpaired) electrons. The summed E-state index contributed by atoms with van der Waals surface area (Å²) in [6.45, 7) is 0. The van der Waals surface area contributed by atoms with E-state index in [9.17, 15) is 9.18 Å². The second kappa shape index (κ2) is 4.02. The smallest absolute Gasteiger partial charge is 0.341 e. The summed E-state index contributed by atoms with van der Waals surface area (Å²) in [6.07, 6.45) is 2.93. The van der Waals surface area contributed by atoms with Gasteiger partial charge in [-0.3, -0.25) is 0 Å². The molecule has 0 bridgehead atoms. The average Bonchev–Trinajstić information content (AvgIpc) is 2.63. The van der Waals surface area contributed by atoms with E-state index < -0.39 is 5.97 Å². The number of aliphatic carboxylic acids is 1. The van der Waals surface area contributed by atoms with Crippen LogP contribution in [-0.2, 0) is 4.79 Å². The van der Waals surface area contributed by atoms with Crippen LogP contribution >= 0.6 is 12.6 Å². The number of aromatic amines is 1. The van der Waals surface area contributed by atoms with Crippen molar-refractivity contribution in [3.63, 3.8) is 0 Å². The molecule has 5 heteroatoms. The Morgan fingerprint density at radius 3 is 2.94 bits per heavy atom. The lowest BCUT2D eigenvalue weighted by atomic mass is 10.1. The van der Waals surface area contributed by atoms with E-state index in [1.807, 2.05) is 0 Å². The minimum atomic E-state index is -1.12. The Kier molecular flexibility index (Phi) is 2.70. The van der Waals surface area contributed by atoms with Gasteiger partial charge in [-0.05, 0) is 12.1 Å². The third-order valence-electron chi connectivity index (χ3n) is 2.21. The predicted octanol–water partition coefficient (Wildman–Crippen LogP) is 2.66. The molecule has 1 aromatic heterocycles. The van der Waals surface area contributed by atoms with Gasteiger partial charge >= 0.3 is 5.97 Å². The Balaban J connectivity index is 2.59. The number of benzene rings is 1. The van der Waals surface area contributed by atoms with Gasteiger partial charge in [0.05, 0.1) is 10.4 Å². The molecule has 0 aliphatic carbocycles. The average molecular weight is 237 g/mol. The normalized spacial score (nSPS) is 12.0. The number of thiol groups is 1. The Hall–Kier alpha value is -1.75. The van der Waals surface area contributed by atoms with Crippen molar-refractivity contribution < 1.29 is 14.3 Å². The summed E-state index contributed by atoms with van der Waals surface area (Å²) in [5.74, 6) is -1.48. The Labute approximate surface area is 96.0 Å². The summed E-state index contributed by atoms with van der Waals surface area (Å²) in [4.78, 5) is 13.3. The van der Waals surface area contributed by atoms with Crippen molar-refractivity contribution in [1.29, 1.82) is 0 Å². The largest absolute Gasteiger partial charge is 0.477 e. The number of aromatic nitrogens is 1. The molecule has 0 amide bonds. The number of para-hydroxylation sites is 1. The third kappa shape index (κ3) is 1.81. The SMILES string of the molecule is O=C(O)/C(S)=C/c1c[nH]c2c(F)cccc12. The van der Waals surface area contributed by atoms with Crippen molar-refractivity contribution in [2.75, 3.05) is 0 Å². The highest BCUT2D eigenvalue weighted by molar-refractivity contribution is 7.85. The number of halogens is 1. The van der Waals surface area contributed by atoms with Crippen LogP contribution in [0.4, 0.5) is 4.39 Å². The number of hydrogen-bond donors (Lipinski definition) is 3. The molecule has 0 aliphatic heterocycles. The highest BCUT2D eigenvalue weighted by Crippen LogP contribution is 2.23. The van der Waals surface area contributed by atoms with E-state index in [0.717, 1.165) is 0 Å². The Morgan fingerprint density at radius 2 is 2.25 bits per heavy atom. The maximum absolute atomic E-state index is 13.3. The second-order valence-electron chi connectivity index (χ2n) is 3.24. The number of carboxylic acids is 1. The molecule has 0 aliphatic rings. The highest BCUT2D eigenvalue weighted by Gasteiger charge is 2.07. The zero-order valence-electron chi connectivity index (χ0n) is 8.07. The molecule has 0 saturated heterocycles. The van der Waals surface area contributed by atoms with Gasteiger partial charge in [0.15, 0.2) is 0 Å². The molecule has 16 heavy (non-hydrogen) atoms. The van der Waals surface area contributed by atoms with Crippen LogP contribution in [-0.4, -0.2) is 16.1 Å². The van der Waals surface area contributed by atoms with Crippen LogP contribution in [0.5, 0.6) is 0 Å². The molecule has 3 nitrogen and oxygen atoms in total. The Bertz CT molecular complexity index is 589. The van der Waals surface area contributed by atoms with Crippen molar-refractivity contribution in [2.45, 2.75) is 0 Å². The minimum Gasteiger partial charge on any atom is -0.477 e. The summed E-state index contributed by atoms with van der Waals surface area (Å²) in [5, 5.41) is 9.31. The second-order valence-corrected chi connectivity index (χ2v) is 3.72. The molecule has 1 heterocycles. The predicted molar refractivity (Wildman–Crippen MR) is 62.9 cm³/mol. The van der Waals surface area contributed by atoms with Crippen LogP contribution in [0, 0.1) is 5.82 Å². The maximum Gasteiger partial charge on any atom is 0.341 e. The van der Waals surface area contributed by atoms with E-state index in [4.69, 9.17) is 5.11 Å². The van der Waals surface area contributed by atoms with E-state index in [-0.39, 0.29) is 10.7 Å². The number of carbonyl (C=O) groups is 1. The summed E-state index contributed by atoms with van der Waals surface area (Å²) in [5.41, 5.74) is 0.960. The van der Waals surface area contributed by atoms with Gasteiger partial charge in [0.1, 0.15) is 5.82 Å². The fourth-order valence-corrected chi connectivity index (χ4v) is 1.61. The molecule has 2 aromatic rings. The van der Waals surface area contributed by atoms with Gasteiger partial charge in [-0.2, -0.15) is 0 Å². The van der Waals surface area contributed by atoms with Crippen molar-refractivity contribution in [2.24, 2.45) is 0 Å². The summed E-state index contributed by atoms with van der Waals surface area (Å²) in [7, 11) is 0. The maximum atomic E-state index is 13.3. The monoisotopic (exact) mass is 237 g/mol. The lowest BCUT2D eigenvalue weighted by molar-refractivity contribution is -0.131. The van der Waals surface area contributed by atoms with Crippen LogP contribution in [0.25, 0.3) is 17.0 Å². The van der Waals surface area contributed by atoms with Gasteiger partial charge in [-0.15, -0.1) is 12.6 Å². The van der Waals surface area contributed by atoms with Crippen LogP contribution in [0.15, 0.2) is 29.3 Å². The number of carboxylic acid groups (broad SMARTS) is 1. The van der Waals surface area contributed by atoms with Gasteiger partial charge < -0.3 is 10.1 Å². The number of fused-ring (bicyclic) bond motifs is 1. The number of rotatable bonds is 2. The zero-order valence-corrected chi connectivity index (χ0v) is 8.96. The molecular formula is C11H8FNO2S. The van der Waals surface area contributed by atoms with Gasteiger partial charge in [0, 0.05) is 17.1 Å². The first-order chi connectivity index (χ1) is 7.59. The van der Waals surface area contributed by atoms with Gasteiger partial charge in [0.25, 0.3) is 0 Å². The van der Waals surface area contributed by atoms with E-state index in [2.05, 4.69) is 17.6 Å². The van der Waals surface area contributed by atoms with Crippen molar-refractivity contribution in [1.82, 2.24) is 4.98 Å². The zero-order chi connectivity index (χ0) is 11.7. The summed E-state index contributed by atoms with van der Waals surface area (Å²) >= 11 is 3.82. The first kappa shape index (κ1) is 10.8. The standard InChI is InChI=1S/C11H8FNO2S/c12-8-3-1-2-7-6(5-13-10(7)8)4-9(16)11(14)15/h1-5,13,16H,(H,14,15)/b9-4-. The third-order valence-corrected chi connectivity index (χ3v) is 2.53. The van der Waals surface area contributed by atoms with E-state index >= 15 is 0 Å². The summed E-state index contributed by atoms with van der Waals surface area (Å²) in [6, 6.07) is 4.62. The fraction of sp³-hybridized carbons (Fsp3) is 0. The highest BCUT2D eigenvalue weighted by atomic mass is 32.1. The number of H-pyrrole nitrogens is 1. The van der Waals surface area contributed by atoms with Crippen LogP contribution in [0.2, 0.25) is 0 Å². The number of nitrogens with one attached hydrogen (secondary N) is 1. The molecule has 0 saturated carbocycles. The molecule has 82 valence electrons. The molecule has 0 atom stereocenters. The topological polar surface area (TPSA) is 53.1 Å². The molecule has 0 unspecified atom stereocenters. The molecule has 2 N–H and O–H groups in total. The van der Waals surface area contributed by atoms with Crippen LogP contribution in [0.3, 0.4) is 0 Å². The summed E-state index contributed by atoms with van der Waals surface area (Å²) < 4.78 is 13.3. The van der Waals surface area contributed by atoms with Crippen LogP contribution < -0.4 is 0 Å². The van der Waals surface area contributed by atoms with E-state index in [0.29, 0.717) is 16.5 Å². The quantitative estimate of drug-likeness (QED) is 0.555. The number of hydrogen-bond acceptors (Lipinski definition) is 2. The van der Waals surface area contributed by atoms with Crippen molar-refractivity contribution in [3.8, 4) is 0 Å². The van der Waals surface area contributed by atoms with Crippen LogP contribution in [0.1, 0.15) is 5.56 Å². The van der Waals surface area contributed by atoms with Gasteiger partial charge in [0.2, 0.25) is 0 Å². The lowest BCUT2D eigenvalue weighted by Gasteiger charge is -1.94. The van der Waals surface area contributed by atoms with Gasteiger partial charge in [-0.1, -0.05) is 12.1 Å². The van der Waals surface area contributed by atoms with Crippen molar-refractivity contribution in [3.05, 3.63) is 40.7 Å². The molecule has 1 aromatic carbocycles. The molecule has 0 spiro atoms. The van der Waals surface area contributed by atoms with Crippen molar-refractivity contribution >= 4 is 35.6 Å². The lowest BCUT2D eigenvalue weighted by Crippen LogP contribution is -1.92. The van der Waals surface area contributed by atoms with Gasteiger partial charge in [-0.25, -0.2) is 9.18 Å². The molecule has 2 rings (SSSR count). The molecule has 0 fully saturated rings.